The van der Waals surface area contributed by atoms with Crippen LogP contribution in [0.2, 0.25) is 0 Å². The van der Waals surface area contributed by atoms with Crippen LogP contribution in [0.25, 0.3) is 11.1 Å². The molecular formula is C29H39NO2. The first kappa shape index (κ1) is 23.2. The lowest BCUT2D eigenvalue weighted by molar-refractivity contribution is -0.296. The molecule has 3 nitrogen and oxygen atoms in total. The number of hydrogen-bond donors (Lipinski definition) is 1. The zero-order valence-electron chi connectivity index (χ0n) is 19.6. The average molecular weight is 434 g/mol. The van der Waals surface area contributed by atoms with Crippen LogP contribution in [0.1, 0.15) is 82.8 Å². The molecule has 32 heavy (non-hydrogen) atoms. The first-order chi connectivity index (χ1) is 15.7. The van der Waals surface area contributed by atoms with Gasteiger partial charge in [-0.3, -0.25) is 10.2 Å². The second kappa shape index (κ2) is 11.2. The number of benzene rings is 2. The van der Waals surface area contributed by atoms with Crippen LogP contribution >= 0.6 is 0 Å². The summed E-state index contributed by atoms with van der Waals surface area (Å²) in [6.07, 6.45) is 13.2. The summed E-state index contributed by atoms with van der Waals surface area (Å²) in [5, 5.41) is 9.75. The molecule has 1 unspecified atom stereocenters. The van der Waals surface area contributed by atoms with Crippen molar-refractivity contribution in [3.8, 4) is 11.1 Å². The van der Waals surface area contributed by atoms with Gasteiger partial charge in [-0.1, -0.05) is 69.0 Å². The molecule has 0 bridgehead atoms. The maximum absolute atomic E-state index is 9.75. The predicted molar refractivity (Wildman–Crippen MR) is 133 cm³/mol. The van der Waals surface area contributed by atoms with Crippen LogP contribution in [0.5, 0.6) is 0 Å². The van der Waals surface area contributed by atoms with Crippen molar-refractivity contribution in [1.82, 2.24) is 0 Å². The van der Waals surface area contributed by atoms with Crippen LogP contribution in [0.15, 0.2) is 53.5 Å². The zero-order chi connectivity index (χ0) is 22.3. The Kier molecular flexibility index (Phi) is 8.15. The largest absolute Gasteiger partial charge is 0.265 e. The van der Waals surface area contributed by atoms with Gasteiger partial charge in [0.1, 0.15) is 6.10 Å². The summed E-state index contributed by atoms with van der Waals surface area (Å²) in [7, 11) is 0. The Balaban J connectivity index is 1.33. The summed E-state index contributed by atoms with van der Waals surface area (Å²) in [5.74, 6) is 3.19. The van der Waals surface area contributed by atoms with Gasteiger partial charge in [0.15, 0.2) is 0 Å². The summed E-state index contributed by atoms with van der Waals surface area (Å²) in [6.45, 7) is 5.89. The molecule has 172 valence electrons. The number of hydrogen-bond acceptors (Lipinski definition) is 3. The van der Waals surface area contributed by atoms with Gasteiger partial charge in [-0.2, -0.15) is 0 Å². The van der Waals surface area contributed by atoms with Gasteiger partial charge >= 0.3 is 0 Å². The number of rotatable bonds is 8. The minimum absolute atomic E-state index is 0.224. The summed E-state index contributed by atoms with van der Waals surface area (Å²) in [5.41, 5.74) is 4.26. The fraction of sp³-hybridized carbons (Fsp3) is 0.552. The number of aliphatic imine (C=N–C) groups is 1. The standard InChI is InChI=1S/C29H39NO2/c1-3-4-21-5-7-22(8-6-21)23-9-13-26(14-10-23)29(32-31)27-15-11-24(12-16-27)25-17-19-28(30-2)20-18-25/h11-12,15-23,26,29,31H,2-10,13-14H2,1H3. The van der Waals surface area contributed by atoms with Gasteiger partial charge < -0.3 is 0 Å². The van der Waals surface area contributed by atoms with E-state index in [1.165, 1.54) is 51.4 Å². The van der Waals surface area contributed by atoms with Gasteiger partial charge in [-0.05, 0) is 97.7 Å². The van der Waals surface area contributed by atoms with Crippen molar-refractivity contribution in [2.75, 3.05) is 0 Å². The number of nitrogens with zero attached hydrogens (tertiary/aromatic N) is 1. The van der Waals surface area contributed by atoms with Crippen molar-refractivity contribution in [1.29, 1.82) is 0 Å². The second-order valence-electron chi connectivity index (χ2n) is 10.1. The van der Waals surface area contributed by atoms with E-state index in [2.05, 4.69) is 55.0 Å². The Hall–Kier alpha value is -1.97. The molecule has 2 aromatic rings. The van der Waals surface area contributed by atoms with Gasteiger partial charge in [0, 0.05) is 0 Å². The molecule has 3 heteroatoms. The van der Waals surface area contributed by atoms with Crippen molar-refractivity contribution in [3.63, 3.8) is 0 Å². The lowest BCUT2D eigenvalue weighted by Crippen LogP contribution is -2.28. The van der Waals surface area contributed by atoms with Gasteiger partial charge in [-0.15, -0.1) is 0 Å². The SMILES string of the molecule is C=Nc1ccc(-c2ccc(C(OO)C3CCC(C4CCC(CCC)CC4)CC3)cc2)cc1. The van der Waals surface area contributed by atoms with Crippen molar-refractivity contribution < 1.29 is 10.1 Å². The fourth-order valence-electron chi connectivity index (χ4n) is 6.32. The molecule has 2 aliphatic carbocycles. The lowest BCUT2D eigenvalue weighted by Gasteiger charge is -2.39. The highest BCUT2D eigenvalue weighted by Crippen LogP contribution is 2.45. The van der Waals surface area contributed by atoms with E-state index >= 15 is 0 Å². The van der Waals surface area contributed by atoms with Crippen molar-refractivity contribution >= 4 is 12.4 Å². The first-order valence-electron chi connectivity index (χ1n) is 12.7. The van der Waals surface area contributed by atoms with E-state index in [0.29, 0.717) is 5.92 Å². The molecule has 0 heterocycles. The fourth-order valence-corrected chi connectivity index (χ4v) is 6.32. The van der Waals surface area contributed by atoms with Gasteiger partial charge in [0.2, 0.25) is 0 Å². The molecule has 2 aromatic carbocycles. The quantitative estimate of drug-likeness (QED) is 0.257. The Bertz CT molecular complexity index is 828. The first-order valence-corrected chi connectivity index (χ1v) is 12.7. The van der Waals surface area contributed by atoms with Crippen LogP contribution in [-0.4, -0.2) is 12.0 Å². The zero-order valence-corrected chi connectivity index (χ0v) is 19.6. The van der Waals surface area contributed by atoms with Gasteiger partial charge in [0.25, 0.3) is 0 Å². The van der Waals surface area contributed by atoms with Crippen molar-refractivity contribution in [3.05, 3.63) is 54.1 Å². The van der Waals surface area contributed by atoms with E-state index < -0.39 is 0 Å². The Morgan fingerprint density at radius 3 is 1.88 bits per heavy atom. The minimum atomic E-state index is -0.224. The van der Waals surface area contributed by atoms with Crippen LogP contribution in [0.3, 0.4) is 0 Å². The third-order valence-electron chi connectivity index (χ3n) is 8.24. The Labute approximate surface area is 193 Å². The maximum Gasteiger partial charge on any atom is 0.120 e. The Morgan fingerprint density at radius 2 is 1.38 bits per heavy atom. The average Bonchev–Trinajstić information content (AvgIpc) is 2.86. The topological polar surface area (TPSA) is 41.8 Å². The molecule has 0 aliphatic heterocycles. The molecule has 2 aliphatic rings. The van der Waals surface area contributed by atoms with E-state index in [1.54, 1.807) is 0 Å². The van der Waals surface area contributed by atoms with Crippen LogP contribution in [0.4, 0.5) is 5.69 Å². The molecule has 4 rings (SSSR count). The van der Waals surface area contributed by atoms with E-state index in [4.69, 9.17) is 4.89 Å². The third kappa shape index (κ3) is 5.50. The molecule has 0 saturated heterocycles. The highest BCUT2D eigenvalue weighted by atomic mass is 17.1. The highest BCUT2D eigenvalue weighted by Gasteiger charge is 2.34. The third-order valence-corrected chi connectivity index (χ3v) is 8.24. The van der Waals surface area contributed by atoms with Gasteiger partial charge in [0.05, 0.1) is 5.69 Å². The molecule has 2 saturated carbocycles. The van der Waals surface area contributed by atoms with E-state index in [0.717, 1.165) is 53.0 Å². The summed E-state index contributed by atoms with van der Waals surface area (Å²) in [6, 6.07) is 16.5. The molecular weight excluding hydrogens is 394 g/mol. The van der Waals surface area contributed by atoms with Crippen LogP contribution in [-0.2, 0) is 4.89 Å². The summed E-state index contributed by atoms with van der Waals surface area (Å²) >= 11 is 0. The minimum Gasteiger partial charge on any atom is -0.265 e. The van der Waals surface area contributed by atoms with Crippen LogP contribution in [0, 0.1) is 23.7 Å². The van der Waals surface area contributed by atoms with Crippen LogP contribution < -0.4 is 0 Å². The van der Waals surface area contributed by atoms with E-state index in [9.17, 15) is 5.26 Å². The molecule has 0 radical (unpaired) electrons. The smallest absolute Gasteiger partial charge is 0.120 e. The molecule has 0 spiro atoms. The molecule has 1 atom stereocenters. The monoisotopic (exact) mass is 433 g/mol. The van der Waals surface area contributed by atoms with E-state index in [1.807, 2.05) is 12.1 Å². The van der Waals surface area contributed by atoms with Crippen molar-refractivity contribution in [2.45, 2.75) is 77.2 Å². The molecule has 1 N–H and O–H groups in total. The molecule has 0 aromatic heterocycles. The van der Waals surface area contributed by atoms with E-state index in [-0.39, 0.29) is 6.10 Å². The summed E-state index contributed by atoms with van der Waals surface area (Å²) < 4.78 is 0. The normalized spacial score (nSPS) is 27.1. The molecule has 0 amide bonds. The second-order valence-corrected chi connectivity index (χ2v) is 10.1. The molecule has 2 fully saturated rings. The Morgan fingerprint density at radius 1 is 0.844 bits per heavy atom. The summed E-state index contributed by atoms with van der Waals surface area (Å²) in [4.78, 5) is 9.01. The lowest BCUT2D eigenvalue weighted by atomic mass is 9.67. The highest BCUT2D eigenvalue weighted by molar-refractivity contribution is 5.66. The van der Waals surface area contributed by atoms with Gasteiger partial charge in [-0.25, -0.2) is 4.89 Å². The maximum atomic E-state index is 9.75. The van der Waals surface area contributed by atoms with Crippen molar-refractivity contribution in [2.24, 2.45) is 28.7 Å². The predicted octanol–water partition coefficient (Wildman–Crippen LogP) is 8.63.